The molecule has 3 N–H and O–H groups in total. The first-order chi connectivity index (χ1) is 8.63. The number of oxime groups is 1. The second-order valence-corrected chi connectivity index (χ2v) is 5.10. The molecule has 1 saturated carbocycles. The molecule has 0 unspecified atom stereocenters. The summed E-state index contributed by atoms with van der Waals surface area (Å²) in [6.07, 6.45) is 3.45. The van der Waals surface area contributed by atoms with Crippen molar-refractivity contribution in [1.82, 2.24) is 0 Å². The van der Waals surface area contributed by atoms with Gasteiger partial charge in [-0.25, -0.2) is 4.39 Å². The van der Waals surface area contributed by atoms with Crippen molar-refractivity contribution in [2.45, 2.75) is 19.3 Å². The minimum absolute atomic E-state index is 0.140. The molecule has 0 radical (unpaired) electrons. The average molecular weight is 317 g/mol. The quantitative estimate of drug-likeness (QED) is 0.380. The molecule has 6 heteroatoms. The van der Waals surface area contributed by atoms with E-state index in [-0.39, 0.29) is 16.1 Å². The average Bonchev–Trinajstić information content (AvgIpc) is 3.18. The Kier molecular flexibility index (Phi) is 4.06. The van der Waals surface area contributed by atoms with Crippen molar-refractivity contribution in [1.29, 1.82) is 0 Å². The maximum Gasteiger partial charge on any atom is 0.179 e. The molecule has 0 aromatic heterocycles. The van der Waals surface area contributed by atoms with Crippen LogP contribution < -0.4 is 10.5 Å². The van der Waals surface area contributed by atoms with E-state index in [0.717, 1.165) is 12.3 Å². The summed E-state index contributed by atoms with van der Waals surface area (Å²) in [5.41, 5.74) is 5.72. The maximum atomic E-state index is 13.9. The van der Waals surface area contributed by atoms with Crippen LogP contribution in [0.1, 0.15) is 24.8 Å². The molecule has 1 aliphatic rings. The Morgan fingerprint density at radius 2 is 2.28 bits per heavy atom. The van der Waals surface area contributed by atoms with E-state index in [4.69, 9.17) is 15.7 Å². The summed E-state index contributed by atoms with van der Waals surface area (Å²) in [4.78, 5) is 0. The second kappa shape index (κ2) is 5.56. The third-order valence-electron chi connectivity index (χ3n) is 2.91. The highest BCUT2D eigenvalue weighted by Crippen LogP contribution is 2.33. The zero-order valence-electron chi connectivity index (χ0n) is 9.70. The fourth-order valence-electron chi connectivity index (χ4n) is 1.64. The van der Waals surface area contributed by atoms with E-state index in [0.29, 0.717) is 12.2 Å². The van der Waals surface area contributed by atoms with Gasteiger partial charge in [-0.3, -0.25) is 0 Å². The van der Waals surface area contributed by atoms with Crippen molar-refractivity contribution < 1.29 is 14.3 Å². The number of halogens is 2. The van der Waals surface area contributed by atoms with Crippen LogP contribution in [0.2, 0.25) is 0 Å². The van der Waals surface area contributed by atoms with Crippen molar-refractivity contribution in [3.05, 3.63) is 28.0 Å². The van der Waals surface area contributed by atoms with Crippen molar-refractivity contribution in [2.24, 2.45) is 16.8 Å². The lowest BCUT2D eigenvalue weighted by molar-refractivity contribution is 0.287. The fourth-order valence-corrected chi connectivity index (χ4v) is 2.17. The molecule has 4 nitrogen and oxygen atoms in total. The van der Waals surface area contributed by atoms with Crippen LogP contribution in [0, 0.1) is 11.7 Å². The summed E-state index contributed by atoms with van der Waals surface area (Å²) in [6.45, 7) is 0.511. The van der Waals surface area contributed by atoms with Crippen LogP contribution >= 0.6 is 15.9 Å². The van der Waals surface area contributed by atoms with Gasteiger partial charge < -0.3 is 15.7 Å². The van der Waals surface area contributed by atoms with E-state index in [1.165, 1.54) is 18.9 Å². The molecule has 1 fully saturated rings. The monoisotopic (exact) mass is 316 g/mol. The number of benzene rings is 1. The number of hydrogen-bond acceptors (Lipinski definition) is 3. The third kappa shape index (κ3) is 2.93. The van der Waals surface area contributed by atoms with Crippen LogP contribution in [0.4, 0.5) is 4.39 Å². The summed E-state index contributed by atoms with van der Waals surface area (Å²) in [7, 11) is 0. The van der Waals surface area contributed by atoms with Gasteiger partial charge in [-0.05, 0) is 40.4 Å². The first-order valence-electron chi connectivity index (χ1n) is 5.72. The predicted molar refractivity (Wildman–Crippen MR) is 69.4 cm³/mol. The summed E-state index contributed by atoms with van der Waals surface area (Å²) < 4.78 is 19.5. The highest BCUT2D eigenvalue weighted by Gasteiger charge is 2.21. The minimum Gasteiger partial charge on any atom is -0.490 e. The number of nitrogens with zero attached hydrogens (tertiary/aromatic N) is 1. The highest BCUT2D eigenvalue weighted by atomic mass is 79.9. The molecule has 18 heavy (non-hydrogen) atoms. The van der Waals surface area contributed by atoms with Gasteiger partial charge in [0, 0.05) is 5.56 Å². The summed E-state index contributed by atoms with van der Waals surface area (Å²) >= 11 is 3.08. The van der Waals surface area contributed by atoms with E-state index < -0.39 is 5.82 Å². The molecule has 0 heterocycles. The highest BCUT2D eigenvalue weighted by molar-refractivity contribution is 9.10. The van der Waals surface area contributed by atoms with Crippen LogP contribution in [0.25, 0.3) is 0 Å². The first kappa shape index (κ1) is 13.1. The van der Waals surface area contributed by atoms with Gasteiger partial charge in [0.1, 0.15) is 0 Å². The molecule has 0 aliphatic heterocycles. The Morgan fingerprint density at radius 3 is 2.89 bits per heavy atom. The van der Waals surface area contributed by atoms with Gasteiger partial charge in [0.05, 0.1) is 11.1 Å². The molecule has 0 saturated heterocycles. The summed E-state index contributed by atoms with van der Waals surface area (Å²) in [5.74, 6) is 0.241. The van der Waals surface area contributed by atoms with E-state index in [9.17, 15) is 4.39 Å². The number of amidine groups is 1. The Hall–Kier alpha value is -1.30. The minimum atomic E-state index is -0.533. The van der Waals surface area contributed by atoms with Crippen molar-refractivity contribution in [3.63, 3.8) is 0 Å². The lowest BCUT2D eigenvalue weighted by Crippen LogP contribution is -2.14. The Bertz CT molecular complexity index is 475. The molecule has 0 spiro atoms. The van der Waals surface area contributed by atoms with Gasteiger partial charge in [-0.15, -0.1) is 0 Å². The Labute approximate surface area is 113 Å². The predicted octanol–water partition coefficient (Wildman–Crippen LogP) is 2.86. The second-order valence-electron chi connectivity index (χ2n) is 4.30. The van der Waals surface area contributed by atoms with E-state index >= 15 is 0 Å². The van der Waals surface area contributed by atoms with Crippen molar-refractivity contribution >= 4 is 21.8 Å². The lowest BCUT2D eigenvalue weighted by Gasteiger charge is -2.10. The van der Waals surface area contributed by atoms with Crippen LogP contribution in [0.5, 0.6) is 5.75 Å². The topological polar surface area (TPSA) is 67.8 Å². The number of ether oxygens (including phenoxy) is 1. The molecule has 1 aromatic carbocycles. The molecular weight excluding hydrogens is 303 g/mol. The van der Waals surface area contributed by atoms with Gasteiger partial charge in [-0.1, -0.05) is 18.0 Å². The van der Waals surface area contributed by atoms with Crippen LogP contribution in [-0.4, -0.2) is 17.6 Å². The third-order valence-corrected chi connectivity index (χ3v) is 3.69. The van der Waals surface area contributed by atoms with Crippen LogP contribution in [0.3, 0.4) is 0 Å². The normalized spacial score (nSPS) is 15.8. The number of rotatable bonds is 5. The van der Waals surface area contributed by atoms with Gasteiger partial charge in [0.2, 0.25) is 0 Å². The standard InChI is InChI=1S/C12H14BrFN2O2/c13-10-8(12(15)16-17)3-4-9(11(10)14)18-6-5-7-1-2-7/h3-4,7,17H,1-2,5-6H2,(H2,15,16). The molecule has 2 rings (SSSR count). The molecular formula is C12H14BrFN2O2. The fraction of sp³-hybridized carbons (Fsp3) is 0.417. The Morgan fingerprint density at radius 1 is 1.56 bits per heavy atom. The zero-order chi connectivity index (χ0) is 13.1. The molecule has 0 bridgehead atoms. The van der Waals surface area contributed by atoms with Gasteiger partial charge in [-0.2, -0.15) is 0 Å². The van der Waals surface area contributed by atoms with E-state index in [2.05, 4.69) is 21.1 Å². The largest absolute Gasteiger partial charge is 0.490 e. The number of hydrogen-bond donors (Lipinski definition) is 2. The van der Waals surface area contributed by atoms with Gasteiger partial charge >= 0.3 is 0 Å². The maximum absolute atomic E-state index is 13.9. The van der Waals surface area contributed by atoms with Crippen molar-refractivity contribution in [2.75, 3.05) is 6.61 Å². The Balaban J connectivity index is 2.09. The number of nitrogens with two attached hydrogens (primary N) is 1. The molecule has 0 atom stereocenters. The van der Waals surface area contributed by atoms with E-state index in [1.807, 2.05) is 0 Å². The SMILES string of the molecule is N/C(=N/O)c1ccc(OCCC2CC2)c(F)c1Br. The van der Waals surface area contributed by atoms with Gasteiger partial charge in [0.25, 0.3) is 0 Å². The molecule has 1 aromatic rings. The first-order valence-corrected chi connectivity index (χ1v) is 6.51. The lowest BCUT2D eigenvalue weighted by atomic mass is 10.2. The van der Waals surface area contributed by atoms with E-state index in [1.54, 1.807) is 6.07 Å². The summed E-state index contributed by atoms with van der Waals surface area (Å²) in [6, 6.07) is 3.04. The molecule has 1 aliphatic carbocycles. The zero-order valence-corrected chi connectivity index (χ0v) is 11.3. The van der Waals surface area contributed by atoms with Gasteiger partial charge in [0.15, 0.2) is 17.4 Å². The van der Waals surface area contributed by atoms with Crippen LogP contribution in [-0.2, 0) is 0 Å². The van der Waals surface area contributed by atoms with Crippen molar-refractivity contribution in [3.8, 4) is 5.75 Å². The van der Waals surface area contributed by atoms with Crippen LogP contribution in [0.15, 0.2) is 21.8 Å². The molecule has 0 amide bonds. The summed E-state index contributed by atoms with van der Waals surface area (Å²) in [5, 5.41) is 11.4. The molecule has 98 valence electrons. The smallest absolute Gasteiger partial charge is 0.179 e.